The zero-order valence-corrected chi connectivity index (χ0v) is 14.0. The summed E-state index contributed by atoms with van der Waals surface area (Å²) in [5.74, 6) is 0. The first kappa shape index (κ1) is 17.0. The Balaban J connectivity index is 0.00000192. The summed E-state index contributed by atoms with van der Waals surface area (Å²) < 4.78 is 1.82. The quantitative estimate of drug-likeness (QED) is 0.536. The minimum absolute atomic E-state index is 0. The molecular weight excluding hydrogens is 314 g/mol. The molecule has 0 fully saturated rings. The fraction of sp³-hybridized carbons (Fsp3) is 0.312. The Bertz CT molecular complexity index is 830. The number of nitrogens with zero attached hydrogens (tertiary/aromatic N) is 3. The van der Waals surface area contributed by atoms with Crippen molar-refractivity contribution in [3.63, 3.8) is 0 Å². The molecule has 3 aromatic rings. The van der Waals surface area contributed by atoms with Gasteiger partial charge >= 0.3 is 0 Å². The molecule has 0 bridgehead atoms. The molecule has 2 aromatic heterocycles. The number of aromatic nitrogens is 3. The van der Waals surface area contributed by atoms with Crippen molar-refractivity contribution in [2.75, 3.05) is 18.4 Å². The summed E-state index contributed by atoms with van der Waals surface area (Å²) in [5.41, 5.74) is 3.86. The van der Waals surface area contributed by atoms with Gasteiger partial charge < -0.3 is 10.6 Å². The first-order valence-electron chi connectivity index (χ1n) is 7.35. The summed E-state index contributed by atoms with van der Waals surface area (Å²) in [4.78, 5) is 15.0. The molecule has 0 aliphatic carbocycles. The summed E-state index contributed by atoms with van der Waals surface area (Å²) in [5, 5.41) is 12.8. The monoisotopic (exact) mass is 333 g/mol. The number of hydrogen-bond donors (Lipinski definition) is 2. The number of anilines is 1. The van der Waals surface area contributed by atoms with Crippen molar-refractivity contribution in [1.82, 2.24) is 20.1 Å². The Hall–Kier alpha value is -2.34. The Morgan fingerprint density at radius 3 is 2.83 bits per heavy atom. The molecule has 122 valence electrons. The number of pyridine rings is 1. The van der Waals surface area contributed by atoms with Crippen LogP contribution in [-0.2, 0) is 11.8 Å². The van der Waals surface area contributed by atoms with Gasteiger partial charge in [0, 0.05) is 25.5 Å². The number of amides is 1. The molecule has 0 saturated heterocycles. The van der Waals surface area contributed by atoms with Gasteiger partial charge in [0.1, 0.15) is 0 Å². The zero-order chi connectivity index (χ0) is 15.5. The average molecular weight is 334 g/mol. The highest BCUT2D eigenvalue weighted by atomic mass is 35.5. The fourth-order valence-electron chi connectivity index (χ4n) is 2.74. The van der Waals surface area contributed by atoms with Crippen molar-refractivity contribution in [2.24, 2.45) is 7.05 Å². The molecule has 23 heavy (non-hydrogen) atoms. The van der Waals surface area contributed by atoms with Gasteiger partial charge in [-0.2, -0.15) is 5.10 Å². The summed E-state index contributed by atoms with van der Waals surface area (Å²) in [6, 6.07) is 8.08. The van der Waals surface area contributed by atoms with Crippen LogP contribution < -0.4 is 10.6 Å². The van der Waals surface area contributed by atoms with Crippen molar-refractivity contribution in [3.8, 4) is 0 Å². The first-order chi connectivity index (χ1) is 10.7. The van der Waals surface area contributed by atoms with Crippen LogP contribution in [-0.4, -0.2) is 34.3 Å². The van der Waals surface area contributed by atoms with E-state index in [4.69, 9.17) is 4.98 Å². The summed E-state index contributed by atoms with van der Waals surface area (Å²) in [6.07, 6.45) is 1.58. The van der Waals surface area contributed by atoms with Gasteiger partial charge in [-0.3, -0.25) is 9.48 Å². The molecule has 3 rings (SSSR count). The van der Waals surface area contributed by atoms with Crippen molar-refractivity contribution < 1.29 is 4.79 Å². The Kier molecular flexibility index (Phi) is 5.39. The lowest BCUT2D eigenvalue weighted by Crippen LogP contribution is -2.16. The number of para-hydroxylation sites is 1. The second kappa shape index (κ2) is 7.28. The molecule has 0 radical (unpaired) electrons. The van der Waals surface area contributed by atoms with E-state index in [9.17, 15) is 4.79 Å². The first-order valence-corrected chi connectivity index (χ1v) is 7.35. The summed E-state index contributed by atoms with van der Waals surface area (Å²) in [7, 11) is 1.91. The van der Waals surface area contributed by atoms with Gasteiger partial charge in [-0.1, -0.05) is 18.2 Å². The second-order valence-corrected chi connectivity index (χ2v) is 5.26. The molecule has 6 nitrogen and oxygen atoms in total. The van der Waals surface area contributed by atoms with Crippen LogP contribution in [0.4, 0.5) is 5.69 Å². The van der Waals surface area contributed by atoms with E-state index in [0.29, 0.717) is 6.54 Å². The molecule has 0 atom stereocenters. The van der Waals surface area contributed by atoms with E-state index in [2.05, 4.69) is 21.8 Å². The topological polar surface area (TPSA) is 71.8 Å². The van der Waals surface area contributed by atoms with E-state index < -0.39 is 0 Å². The maximum absolute atomic E-state index is 10.3. The van der Waals surface area contributed by atoms with Crippen LogP contribution in [0.2, 0.25) is 0 Å². The third kappa shape index (κ3) is 3.22. The molecule has 0 spiro atoms. The van der Waals surface area contributed by atoms with Crippen LogP contribution in [0, 0.1) is 6.92 Å². The smallest absolute Gasteiger partial charge is 0.207 e. The van der Waals surface area contributed by atoms with Gasteiger partial charge in [0.15, 0.2) is 5.65 Å². The van der Waals surface area contributed by atoms with Crippen LogP contribution in [0.5, 0.6) is 0 Å². The number of carbonyl (C=O) groups excluding carboxylic acids is 1. The van der Waals surface area contributed by atoms with Crippen molar-refractivity contribution in [2.45, 2.75) is 13.3 Å². The van der Waals surface area contributed by atoms with E-state index in [-0.39, 0.29) is 12.4 Å². The van der Waals surface area contributed by atoms with E-state index in [0.717, 1.165) is 52.7 Å². The highest BCUT2D eigenvalue weighted by Gasteiger charge is 2.14. The zero-order valence-electron chi connectivity index (χ0n) is 13.2. The lowest BCUT2D eigenvalue weighted by atomic mass is 10.1. The van der Waals surface area contributed by atoms with Crippen LogP contribution >= 0.6 is 12.4 Å². The van der Waals surface area contributed by atoms with Gasteiger partial charge in [0.2, 0.25) is 6.41 Å². The molecule has 0 aliphatic rings. The maximum atomic E-state index is 10.3. The minimum atomic E-state index is 0. The molecule has 2 N–H and O–H groups in total. The number of benzene rings is 1. The number of carbonyl (C=O) groups is 1. The van der Waals surface area contributed by atoms with Gasteiger partial charge in [0.05, 0.1) is 22.3 Å². The largest absolute Gasteiger partial charge is 0.384 e. The highest BCUT2D eigenvalue weighted by Crippen LogP contribution is 2.32. The van der Waals surface area contributed by atoms with E-state index in [1.807, 2.05) is 36.9 Å². The average Bonchev–Trinajstić information content (AvgIpc) is 2.81. The maximum Gasteiger partial charge on any atom is 0.207 e. The van der Waals surface area contributed by atoms with Crippen LogP contribution in [0.1, 0.15) is 12.1 Å². The van der Waals surface area contributed by atoms with Crippen molar-refractivity contribution in [1.29, 1.82) is 0 Å². The van der Waals surface area contributed by atoms with Crippen molar-refractivity contribution >= 4 is 46.4 Å². The van der Waals surface area contributed by atoms with Gasteiger partial charge in [0.25, 0.3) is 0 Å². The van der Waals surface area contributed by atoms with Crippen LogP contribution in [0.15, 0.2) is 24.3 Å². The van der Waals surface area contributed by atoms with Crippen LogP contribution in [0.25, 0.3) is 21.9 Å². The minimum Gasteiger partial charge on any atom is -0.384 e. The Morgan fingerprint density at radius 1 is 1.26 bits per heavy atom. The summed E-state index contributed by atoms with van der Waals surface area (Å²) in [6.45, 7) is 3.44. The number of halogens is 1. The molecular formula is C16H20ClN5O. The van der Waals surface area contributed by atoms with Crippen LogP contribution in [0.3, 0.4) is 0 Å². The number of hydrogen-bond acceptors (Lipinski definition) is 4. The summed E-state index contributed by atoms with van der Waals surface area (Å²) >= 11 is 0. The van der Waals surface area contributed by atoms with E-state index >= 15 is 0 Å². The fourth-order valence-corrected chi connectivity index (χ4v) is 2.74. The van der Waals surface area contributed by atoms with E-state index in [1.165, 1.54) is 0 Å². The molecule has 1 aromatic carbocycles. The number of aryl methyl sites for hydroxylation is 2. The predicted molar refractivity (Wildman–Crippen MR) is 95.2 cm³/mol. The molecule has 7 heteroatoms. The lowest BCUT2D eigenvalue weighted by molar-refractivity contribution is -0.109. The SMILES string of the molecule is Cc1nn(C)c2nc3ccccc3c(NCCCNC=O)c12.Cl. The standard InChI is InChI=1S/C16H19N5O.ClH/c1-11-14-15(18-9-5-8-17-10-22)12-6-3-4-7-13(12)19-16(14)21(2)20-11;/h3-4,6-7,10H,5,8-9H2,1-2H3,(H,17,22)(H,18,19);1H. The van der Waals surface area contributed by atoms with Gasteiger partial charge in [-0.25, -0.2) is 4.98 Å². The lowest BCUT2D eigenvalue weighted by Gasteiger charge is -2.11. The van der Waals surface area contributed by atoms with E-state index in [1.54, 1.807) is 0 Å². The molecule has 1 amide bonds. The second-order valence-electron chi connectivity index (χ2n) is 5.26. The number of nitrogens with one attached hydrogen (secondary N) is 2. The normalized spacial score (nSPS) is 10.5. The molecule has 0 saturated carbocycles. The predicted octanol–water partition coefficient (Wildman–Crippen LogP) is 2.40. The third-order valence-corrected chi connectivity index (χ3v) is 3.72. The Labute approximate surface area is 140 Å². The number of fused-ring (bicyclic) bond motifs is 2. The van der Waals surface area contributed by atoms with Gasteiger partial charge in [-0.15, -0.1) is 12.4 Å². The molecule has 0 aliphatic heterocycles. The Morgan fingerprint density at radius 2 is 2.04 bits per heavy atom. The third-order valence-electron chi connectivity index (χ3n) is 3.72. The molecule has 0 unspecified atom stereocenters. The molecule has 2 heterocycles. The van der Waals surface area contributed by atoms with Crippen molar-refractivity contribution in [3.05, 3.63) is 30.0 Å². The highest BCUT2D eigenvalue weighted by molar-refractivity contribution is 6.07. The number of rotatable bonds is 6. The van der Waals surface area contributed by atoms with Gasteiger partial charge in [-0.05, 0) is 19.4 Å².